The lowest BCUT2D eigenvalue weighted by molar-refractivity contribution is 0.313. The third-order valence-corrected chi connectivity index (χ3v) is 2.64. The second kappa shape index (κ2) is 3.80. The fraction of sp³-hybridized carbons (Fsp3) is 0.364. The average molecular weight is 190 g/mol. The smallest absolute Gasteiger partial charge is 0.0733 e. The average Bonchev–Trinajstić information content (AvgIpc) is 2.19. The molecule has 2 rings (SSSR count). The molecule has 1 aliphatic heterocycles. The summed E-state index contributed by atoms with van der Waals surface area (Å²) >= 11 is 0. The molecule has 1 heterocycles. The van der Waals surface area contributed by atoms with E-state index in [2.05, 4.69) is 29.2 Å². The van der Waals surface area contributed by atoms with Gasteiger partial charge in [-0.3, -0.25) is 0 Å². The van der Waals surface area contributed by atoms with E-state index in [1.54, 1.807) is 0 Å². The highest BCUT2D eigenvalue weighted by Gasteiger charge is 2.12. The summed E-state index contributed by atoms with van der Waals surface area (Å²) in [5, 5.41) is 11.5. The van der Waals surface area contributed by atoms with Crippen LogP contribution >= 0.6 is 0 Å². The van der Waals surface area contributed by atoms with Crippen molar-refractivity contribution in [1.29, 1.82) is 0 Å². The number of hydrogen-bond acceptors (Lipinski definition) is 3. The highest BCUT2D eigenvalue weighted by atomic mass is 16.4. The van der Waals surface area contributed by atoms with Crippen LogP contribution in [0.2, 0.25) is 0 Å². The van der Waals surface area contributed by atoms with Gasteiger partial charge in [0.15, 0.2) is 0 Å². The van der Waals surface area contributed by atoms with E-state index in [4.69, 9.17) is 5.21 Å². The van der Waals surface area contributed by atoms with Crippen LogP contribution in [0.3, 0.4) is 0 Å². The first-order chi connectivity index (χ1) is 6.79. The number of hydrogen-bond donors (Lipinski definition) is 1. The summed E-state index contributed by atoms with van der Waals surface area (Å²) in [5.74, 6) is 0. The maximum Gasteiger partial charge on any atom is 0.0733 e. The summed E-state index contributed by atoms with van der Waals surface area (Å²) in [4.78, 5) is 2.31. The Morgan fingerprint density at radius 2 is 2.29 bits per heavy atom. The minimum Gasteiger partial charge on any atom is -0.411 e. The zero-order valence-electron chi connectivity index (χ0n) is 8.27. The normalized spacial score (nSPS) is 17.2. The number of oxime groups is 1. The second-order valence-electron chi connectivity index (χ2n) is 3.76. The molecule has 0 aromatic heterocycles. The molecular weight excluding hydrogens is 176 g/mol. The minimum atomic E-state index is 0.968. The Balaban J connectivity index is 2.31. The van der Waals surface area contributed by atoms with E-state index in [1.807, 2.05) is 6.07 Å². The van der Waals surface area contributed by atoms with Crippen LogP contribution in [0.1, 0.15) is 16.7 Å². The Kier molecular flexibility index (Phi) is 2.50. The van der Waals surface area contributed by atoms with Gasteiger partial charge in [0.1, 0.15) is 0 Å². The quantitative estimate of drug-likeness (QED) is 0.413. The van der Waals surface area contributed by atoms with Gasteiger partial charge in [-0.25, -0.2) is 0 Å². The molecule has 3 heteroatoms. The van der Waals surface area contributed by atoms with Crippen molar-refractivity contribution in [1.82, 2.24) is 4.90 Å². The predicted molar refractivity (Wildman–Crippen MR) is 55.9 cm³/mol. The summed E-state index contributed by atoms with van der Waals surface area (Å²) in [5.41, 5.74) is 3.73. The fourth-order valence-electron chi connectivity index (χ4n) is 1.86. The number of fused-ring (bicyclic) bond motifs is 1. The molecule has 0 amide bonds. The third-order valence-electron chi connectivity index (χ3n) is 2.64. The Bertz CT molecular complexity index is 360. The Hall–Kier alpha value is -1.35. The molecule has 0 saturated heterocycles. The largest absolute Gasteiger partial charge is 0.411 e. The topological polar surface area (TPSA) is 35.8 Å². The zero-order valence-corrected chi connectivity index (χ0v) is 8.27. The molecule has 0 atom stereocenters. The minimum absolute atomic E-state index is 0.968. The van der Waals surface area contributed by atoms with Crippen molar-refractivity contribution in [3.05, 3.63) is 34.9 Å². The maximum atomic E-state index is 8.43. The predicted octanol–water partition coefficient (Wildman–Crippen LogP) is 1.48. The molecule has 0 aliphatic carbocycles. The van der Waals surface area contributed by atoms with Gasteiger partial charge in [0.2, 0.25) is 0 Å². The standard InChI is InChI=1S/C11H14N2O/c1-13-5-4-10-6-9(7-12-14)2-3-11(10)8-13/h2-3,6-7,14H,4-5,8H2,1H3/b12-7+. The zero-order chi connectivity index (χ0) is 9.97. The van der Waals surface area contributed by atoms with Gasteiger partial charge in [0.25, 0.3) is 0 Å². The molecule has 3 nitrogen and oxygen atoms in total. The Labute approximate surface area is 83.7 Å². The summed E-state index contributed by atoms with van der Waals surface area (Å²) in [6, 6.07) is 6.20. The van der Waals surface area contributed by atoms with Gasteiger partial charge in [0.05, 0.1) is 6.21 Å². The number of benzene rings is 1. The van der Waals surface area contributed by atoms with Crippen molar-refractivity contribution in [2.75, 3.05) is 13.6 Å². The lowest BCUT2D eigenvalue weighted by Crippen LogP contribution is -2.26. The summed E-state index contributed by atoms with van der Waals surface area (Å²) < 4.78 is 0. The molecule has 0 spiro atoms. The van der Waals surface area contributed by atoms with E-state index < -0.39 is 0 Å². The maximum absolute atomic E-state index is 8.43. The molecular formula is C11H14N2O. The van der Waals surface area contributed by atoms with Crippen LogP contribution in [0.5, 0.6) is 0 Å². The summed E-state index contributed by atoms with van der Waals surface area (Å²) in [6.07, 6.45) is 2.55. The van der Waals surface area contributed by atoms with E-state index in [9.17, 15) is 0 Å². The first-order valence-electron chi connectivity index (χ1n) is 4.77. The van der Waals surface area contributed by atoms with Crippen LogP contribution in [0, 0.1) is 0 Å². The van der Waals surface area contributed by atoms with Gasteiger partial charge in [0, 0.05) is 13.1 Å². The fourth-order valence-corrected chi connectivity index (χ4v) is 1.86. The van der Waals surface area contributed by atoms with Gasteiger partial charge < -0.3 is 10.1 Å². The van der Waals surface area contributed by atoms with E-state index >= 15 is 0 Å². The van der Waals surface area contributed by atoms with Gasteiger partial charge >= 0.3 is 0 Å². The molecule has 1 aliphatic rings. The Morgan fingerprint density at radius 3 is 3.07 bits per heavy atom. The first-order valence-corrected chi connectivity index (χ1v) is 4.77. The molecule has 0 fully saturated rings. The van der Waals surface area contributed by atoms with Gasteiger partial charge in [-0.1, -0.05) is 17.3 Å². The number of likely N-dealkylation sites (N-methyl/N-ethyl adjacent to an activating group) is 1. The van der Waals surface area contributed by atoms with Crippen LogP contribution in [0.25, 0.3) is 0 Å². The van der Waals surface area contributed by atoms with Crippen molar-refractivity contribution < 1.29 is 5.21 Å². The van der Waals surface area contributed by atoms with E-state index in [0.717, 1.165) is 25.1 Å². The van der Waals surface area contributed by atoms with Crippen molar-refractivity contribution in [3.63, 3.8) is 0 Å². The van der Waals surface area contributed by atoms with E-state index in [1.165, 1.54) is 17.3 Å². The molecule has 0 bridgehead atoms. The van der Waals surface area contributed by atoms with E-state index in [-0.39, 0.29) is 0 Å². The second-order valence-corrected chi connectivity index (χ2v) is 3.76. The molecule has 0 saturated carbocycles. The van der Waals surface area contributed by atoms with Crippen LogP contribution in [-0.2, 0) is 13.0 Å². The molecule has 1 aromatic carbocycles. The lowest BCUT2D eigenvalue weighted by Gasteiger charge is -2.24. The molecule has 1 aromatic rings. The van der Waals surface area contributed by atoms with Crippen molar-refractivity contribution in [2.45, 2.75) is 13.0 Å². The number of rotatable bonds is 1. The van der Waals surface area contributed by atoms with Crippen LogP contribution in [-0.4, -0.2) is 29.9 Å². The van der Waals surface area contributed by atoms with Crippen LogP contribution in [0.15, 0.2) is 23.4 Å². The molecule has 0 unspecified atom stereocenters. The summed E-state index contributed by atoms with van der Waals surface area (Å²) in [6.45, 7) is 2.12. The lowest BCUT2D eigenvalue weighted by atomic mass is 9.98. The van der Waals surface area contributed by atoms with Gasteiger partial charge in [-0.2, -0.15) is 0 Å². The highest BCUT2D eigenvalue weighted by molar-refractivity contribution is 5.79. The van der Waals surface area contributed by atoms with E-state index in [0.29, 0.717) is 0 Å². The molecule has 0 radical (unpaired) electrons. The number of nitrogens with zero attached hydrogens (tertiary/aromatic N) is 2. The summed E-state index contributed by atoms with van der Waals surface area (Å²) in [7, 11) is 2.13. The van der Waals surface area contributed by atoms with Gasteiger partial charge in [-0.15, -0.1) is 0 Å². The molecule has 1 N–H and O–H groups in total. The van der Waals surface area contributed by atoms with Crippen molar-refractivity contribution in [2.24, 2.45) is 5.16 Å². The monoisotopic (exact) mass is 190 g/mol. The SMILES string of the molecule is CN1CCc2cc(/C=N/O)ccc2C1. The first kappa shape index (κ1) is 9.21. The Morgan fingerprint density at radius 1 is 1.43 bits per heavy atom. The van der Waals surface area contributed by atoms with Crippen LogP contribution in [0.4, 0.5) is 0 Å². The molecule has 14 heavy (non-hydrogen) atoms. The van der Waals surface area contributed by atoms with Crippen molar-refractivity contribution >= 4 is 6.21 Å². The van der Waals surface area contributed by atoms with Crippen molar-refractivity contribution in [3.8, 4) is 0 Å². The van der Waals surface area contributed by atoms with Gasteiger partial charge in [-0.05, 0) is 36.2 Å². The highest BCUT2D eigenvalue weighted by Crippen LogP contribution is 2.18. The third kappa shape index (κ3) is 1.77. The molecule has 74 valence electrons. The van der Waals surface area contributed by atoms with Crippen LogP contribution < -0.4 is 0 Å².